The minimum atomic E-state index is -0.599. The van der Waals surface area contributed by atoms with Crippen LogP contribution in [0.5, 0.6) is 0 Å². The Bertz CT molecular complexity index is 2330. The number of hydrazone groups is 1. The molecule has 18 heteroatoms. The van der Waals surface area contributed by atoms with Gasteiger partial charge in [-0.05, 0) is 89.1 Å². The van der Waals surface area contributed by atoms with Gasteiger partial charge in [0.1, 0.15) is 11.4 Å². The van der Waals surface area contributed by atoms with Crippen LogP contribution in [-0.2, 0) is 25.5 Å². The molecule has 0 saturated carbocycles. The average molecular weight is 967 g/mol. The molecule has 0 aliphatic carbocycles. The number of anilines is 1. The fourth-order valence-electron chi connectivity index (χ4n) is 9.39. The predicted molar refractivity (Wildman–Crippen MR) is 266 cm³/mol. The van der Waals surface area contributed by atoms with E-state index in [9.17, 15) is 33.2 Å². The van der Waals surface area contributed by atoms with Gasteiger partial charge in [0.05, 0.1) is 29.2 Å². The lowest BCUT2D eigenvalue weighted by atomic mass is 9.91. The highest BCUT2D eigenvalue weighted by Crippen LogP contribution is 2.30. The van der Waals surface area contributed by atoms with Crippen LogP contribution in [0.15, 0.2) is 59.8 Å². The number of aldehydes is 1. The van der Waals surface area contributed by atoms with Crippen molar-refractivity contribution in [3.8, 4) is 0 Å². The van der Waals surface area contributed by atoms with E-state index in [0.717, 1.165) is 95.6 Å². The summed E-state index contributed by atoms with van der Waals surface area (Å²) in [5, 5.41) is 7.12. The molecular weight excluding hydrogens is 896 g/mol. The van der Waals surface area contributed by atoms with Crippen molar-refractivity contribution in [2.24, 2.45) is 11.0 Å². The molecule has 4 aliphatic rings. The largest absolute Gasteiger partial charge is 0.444 e. The highest BCUT2D eigenvalue weighted by Gasteiger charge is 2.30. The van der Waals surface area contributed by atoms with Gasteiger partial charge in [0.15, 0.2) is 6.29 Å². The Morgan fingerprint density at radius 3 is 2.23 bits per heavy atom. The molecule has 1 atom stereocenters. The molecule has 2 aromatic carbocycles. The highest BCUT2D eigenvalue weighted by atomic mass is 19.1. The number of likely N-dealkylation sites (tertiary alicyclic amines) is 2. The number of aryl methyl sites for hydroxylation is 1. The number of amides is 5. The summed E-state index contributed by atoms with van der Waals surface area (Å²) in [5.41, 5.74) is 7.09. The smallest absolute Gasteiger partial charge is 0.412 e. The van der Waals surface area contributed by atoms with E-state index in [2.05, 4.69) is 30.6 Å². The summed E-state index contributed by atoms with van der Waals surface area (Å²) >= 11 is 0. The molecule has 3 aromatic rings. The molecule has 1 aromatic heterocycles. The molecule has 4 saturated heterocycles. The number of halogens is 1. The topological polar surface area (TPSA) is 180 Å². The number of pyridine rings is 1. The summed E-state index contributed by atoms with van der Waals surface area (Å²) in [6.45, 7) is 18.9. The van der Waals surface area contributed by atoms with Crippen LogP contribution in [0, 0.1) is 18.7 Å². The third-order valence-electron chi connectivity index (χ3n) is 13.4. The Morgan fingerprint density at radius 1 is 0.886 bits per heavy atom. The summed E-state index contributed by atoms with van der Waals surface area (Å²) in [7, 11) is 1.66. The Balaban J connectivity index is 0.000000281. The number of hydrogen-bond acceptors (Lipinski definition) is 12. The van der Waals surface area contributed by atoms with Crippen LogP contribution in [0.4, 0.5) is 14.9 Å². The number of rotatable bonds is 14. The van der Waals surface area contributed by atoms with Gasteiger partial charge >= 0.3 is 6.09 Å². The first kappa shape index (κ1) is 53.1. The van der Waals surface area contributed by atoms with Gasteiger partial charge in [-0.25, -0.2) is 9.18 Å². The van der Waals surface area contributed by atoms with Crippen molar-refractivity contribution in [1.29, 1.82) is 0 Å². The number of ether oxygens (including phenoxy) is 1. The molecule has 1 unspecified atom stereocenters. The monoisotopic (exact) mass is 967 g/mol. The van der Waals surface area contributed by atoms with Crippen molar-refractivity contribution < 1.29 is 37.9 Å². The molecule has 7 rings (SSSR count). The van der Waals surface area contributed by atoms with E-state index >= 15 is 0 Å². The van der Waals surface area contributed by atoms with Crippen molar-refractivity contribution in [2.45, 2.75) is 78.2 Å². The second-order valence-electron chi connectivity index (χ2n) is 19.5. The molecule has 2 N–H and O–H groups in total. The van der Waals surface area contributed by atoms with E-state index in [1.54, 1.807) is 47.2 Å². The molecule has 0 bridgehead atoms. The molecular formula is C52H71FN10O7. The van der Waals surface area contributed by atoms with E-state index in [0.29, 0.717) is 86.1 Å². The minimum absolute atomic E-state index is 0.0167. The lowest BCUT2D eigenvalue weighted by Crippen LogP contribution is -2.55. The van der Waals surface area contributed by atoms with Gasteiger partial charge in [0, 0.05) is 128 Å². The number of nitrogens with one attached hydrogen (secondary N) is 2. The Kier molecular flexibility index (Phi) is 19.0. The molecule has 5 heterocycles. The number of aromatic nitrogens is 1. The van der Waals surface area contributed by atoms with Gasteiger partial charge in [-0.1, -0.05) is 30.3 Å². The molecule has 4 fully saturated rings. The van der Waals surface area contributed by atoms with Gasteiger partial charge in [-0.2, -0.15) is 5.10 Å². The maximum Gasteiger partial charge on any atom is 0.412 e. The lowest BCUT2D eigenvalue weighted by Gasteiger charge is -2.39. The number of benzene rings is 2. The molecule has 17 nitrogen and oxygen atoms in total. The van der Waals surface area contributed by atoms with Gasteiger partial charge in [0.2, 0.25) is 18.2 Å². The Morgan fingerprint density at radius 2 is 1.57 bits per heavy atom. The van der Waals surface area contributed by atoms with Gasteiger partial charge in [-0.15, -0.1) is 0 Å². The quantitative estimate of drug-likeness (QED) is 0.126. The number of carbonyl (C=O) groups excluding carboxylic acids is 6. The van der Waals surface area contributed by atoms with Gasteiger partial charge in [0.25, 0.3) is 5.91 Å². The maximum atomic E-state index is 14.9. The zero-order valence-electron chi connectivity index (χ0n) is 41.8. The number of piperidine rings is 2. The summed E-state index contributed by atoms with van der Waals surface area (Å²) in [6.07, 6.45) is 6.83. The fraction of sp³-hybridized carbons (Fsp3) is 0.538. The summed E-state index contributed by atoms with van der Waals surface area (Å²) in [5.74, 6) is 0.130. The third-order valence-corrected chi connectivity index (χ3v) is 13.4. The third kappa shape index (κ3) is 14.9. The SMILES string of the molecule is CCN1CC(c2cnc(C)c(NC(=O)OC(C)(C)C)c2)CCC1=O.CN/N=C(/Cc1ccc(F)c(C(=O)N2CCN(C(=O)CN3CCN(CC4CCN(C=O)CC4)CC3)CC2)c1)c1ccccc1C=O. The van der Waals surface area contributed by atoms with Crippen molar-refractivity contribution in [2.75, 3.05) is 104 Å². The van der Waals surface area contributed by atoms with E-state index in [1.807, 2.05) is 62.7 Å². The summed E-state index contributed by atoms with van der Waals surface area (Å²) in [4.78, 5) is 89.1. The van der Waals surface area contributed by atoms with Crippen LogP contribution in [0.3, 0.4) is 0 Å². The van der Waals surface area contributed by atoms with Crippen molar-refractivity contribution in [3.63, 3.8) is 0 Å². The van der Waals surface area contributed by atoms with Crippen LogP contribution < -0.4 is 10.7 Å². The average Bonchev–Trinajstić information content (AvgIpc) is 3.35. The normalized spacial score (nSPS) is 18.7. The number of piperazine rings is 2. The molecule has 378 valence electrons. The van der Waals surface area contributed by atoms with Crippen LogP contribution in [-0.4, -0.2) is 181 Å². The van der Waals surface area contributed by atoms with Crippen LogP contribution in [0.25, 0.3) is 0 Å². The number of nitrogens with zero attached hydrogens (tertiary/aromatic N) is 8. The first-order chi connectivity index (χ1) is 33.6. The second kappa shape index (κ2) is 25.0. The van der Waals surface area contributed by atoms with Crippen LogP contribution in [0.1, 0.15) is 102 Å². The first-order valence-corrected chi connectivity index (χ1v) is 24.6. The van der Waals surface area contributed by atoms with Gasteiger partial charge in [-0.3, -0.25) is 39.2 Å². The molecule has 0 radical (unpaired) electrons. The number of hydrogen-bond donors (Lipinski definition) is 2. The van der Waals surface area contributed by atoms with Crippen molar-refractivity contribution in [3.05, 3.63) is 94.1 Å². The zero-order chi connectivity index (χ0) is 50.4. The summed E-state index contributed by atoms with van der Waals surface area (Å²) < 4.78 is 20.2. The first-order valence-electron chi connectivity index (χ1n) is 24.6. The molecule has 5 amide bonds. The number of carbonyl (C=O) groups is 6. The van der Waals surface area contributed by atoms with Crippen LogP contribution >= 0.6 is 0 Å². The van der Waals surface area contributed by atoms with E-state index in [1.165, 1.54) is 6.07 Å². The van der Waals surface area contributed by atoms with Gasteiger partial charge < -0.3 is 34.7 Å². The fourth-order valence-corrected chi connectivity index (χ4v) is 9.39. The highest BCUT2D eigenvalue weighted by molar-refractivity contribution is 6.07. The van der Waals surface area contributed by atoms with Crippen molar-refractivity contribution >= 4 is 47.9 Å². The van der Waals surface area contributed by atoms with Crippen LogP contribution in [0.2, 0.25) is 0 Å². The van der Waals surface area contributed by atoms with Crippen molar-refractivity contribution in [1.82, 2.24) is 39.8 Å². The minimum Gasteiger partial charge on any atom is -0.444 e. The molecule has 70 heavy (non-hydrogen) atoms. The van der Waals surface area contributed by atoms with E-state index in [-0.39, 0.29) is 23.3 Å². The summed E-state index contributed by atoms with van der Waals surface area (Å²) in [6, 6.07) is 13.5. The zero-order valence-corrected chi connectivity index (χ0v) is 41.8. The lowest BCUT2D eigenvalue weighted by molar-refractivity contribution is -0.134. The maximum absolute atomic E-state index is 14.9. The van der Waals surface area contributed by atoms with E-state index in [4.69, 9.17) is 4.74 Å². The standard InChI is InChI=1S/C34H44FN7O4.C18H27N3O3/c1-36-37-32(29-5-3-2-4-28(29)24-43)21-27-6-7-31(35)30(20-27)34(46)42-18-16-41(17-19-42)33(45)23-39-14-12-38(13-15-39)22-26-8-10-40(25-44)11-9-26;1-6-21-11-13(7-8-16(21)22)14-9-15(12(2)19-10-14)20-17(23)24-18(3,4)5/h2-7,20,24-26,36H,8-19,21-23H2,1H3;9-10,13H,6-8,11H2,1-5H3,(H,20,23)/b37-32-;. The second-order valence-corrected chi connectivity index (χ2v) is 19.5. The van der Waals surface area contributed by atoms with E-state index < -0.39 is 23.4 Å². The molecule has 4 aliphatic heterocycles. The predicted octanol–water partition coefficient (Wildman–Crippen LogP) is 5.04. The molecule has 0 spiro atoms. The number of likely N-dealkylation sites (N-methyl/N-ethyl adjacent to an activating group) is 1. The Hall–Kier alpha value is -6.27. The Labute approximate surface area is 411 Å².